The first-order chi connectivity index (χ1) is 8.16. The second-order valence-electron chi connectivity index (χ2n) is 5.38. The lowest BCUT2D eigenvalue weighted by Gasteiger charge is -2.24. The Morgan fingerprint density at radius 3 is 2.76 bits per heavy atom. The molecule has 1 atom stereocenters. The first-order valence-electron chi connectivity index (χ1n) is 6.67. The van der Waals surface area contributed by atoms with Gasteiger partial charge in [-0.15, -0.1) is 0 Å². The average Bonchev–Trinajstić information content (AvgIpc) is 3.07. The molecule has 0 heterocycles. The topological polar surface area (TPSA) is 32.3 Å². The molecule has 0 aliphatic heterocycles. The summed E-state index contributed by atoms with van der Waals surface area (Å²) in [7, 11) is 0. The van der Waals surface area contributed by atoms with Gasteiger partial charge < -0.3 is 10.4 Å². The van der Waals surface area contributed by atoms with Crippen LogP contribution in [0.3, 0.4) is 0 Å². The molecule has 0 saturated heterocycles. The smallest absolute Gasteiger partial charge is 0.115 e. The SMILES string of the molecule is CCCNC(C)C1(Cc2cccc(O)c2)CC1. The van der Waals surface area contributed by atoms with Crippen molar-refractivity contribution in [1.82, 2.24) is 5.32 Å². The van der Waals surface area contributed by atoms with Crippen LogP contribution in [0.2, 0.25) is 0 Å². The molecule has 1 saturated carbocycles. The van der Waals surface area contributed by atoms with Crippen LogP contribution in [0.1, 0.15) is 38.7 Å². The van der Waals surface area contributed by atoms with Gasteiger partial charge in [0.25, 0.3) is 0 Å². The van der Waals surface area contributed by atoms with Gasteiger partial charge in [0.15, 0.2) is 0 Å². The van der Waals surface area contributed by atoms with Gasteiger partial charge in [-0.3, -0.25) is 0 Å². The van der Waals surface area contributed by atoms with Crippen LogP contribution in [-0.4, -0.2) is 17.7 Å². The molecule has 0 amide bonds. The maximum atomic E-state index is 9.49. The number of nitrogens with one attached hydrogen (secondary N) is 1. The molecule has 94 valence electrons. The Morgan fingerprint density at radius 1 is 1.41 bits per heavy atom. The molecule has 0 spiro atoms. The second kappa shape index (κ2) is 5.09. The van der Waals surface area contributed by atoms with Crippen LogP contribution >= 0.6 is 0 Å². The normalized spacial score (nSPS) is 18.9. The van der Waals surface area contributed by atoms with Crippen LogP contribution in [0, 0.1) is 5.41 Å². The quantitative estimate of drug-likeness (QED) is 0.791. The molecule has 1 aliphatic carbocycles. The summed E-state index contributed by atoms with van der Waals surface area (Å²) in [6, 6.07) is 8.26. The van der Waals surface area contributed by atoms with Crippen LogP contribution in [0.4, 0.5) is 0 Å². The molecule has 1 aromatic carbocycles. The summed E-state index contributed by atoms with van der Waals surface area (Å²) in [5.41, 5.74) is 1.69. The molecule has 1 aliphatic rings. The zero-order chi connectivity index (χ0) is 12.3. The minimum absolute atomic E-state index is 0.382. The number of hydrogen-bond acceptors (Lipinski definition) is 2. The Hall–Kier alpha value is -1.02. The summed E-state index contributed by atoms with van der Waals surface area (Å²) in [4.78, 5) is 0. The molecular formula is C15H23NO. The summed E-state index contributed by atoms with van der Waals surface area (Å²) in [6.45, 7) is 5.60. The van der Waals surface area contributed by atoms with Gasteiger partial charge >= 0.3 is 0 Å². The zero-order valence-corrected chi connectivity index (χ0v) is 10.9. The number of phenolic OH excluding ortho intramolecular Hbond substituents is 1. The Bertz CT molecular complexity index is 371. The fourth-order valence-corrected chi connectivity index (χ4v) is 2.57. The monoisotopic (exact) mass is 233 g/mol. The summed E-state index contributed by atoms with van der Waals surface area (Å²) in [5.74, 6) is 0.382. The number of phenols is 1. The van der Waals surface area contributed by atoms with Crippen molar-refractivity contribution < 1.29 is 5.11 Å². The maximum absolute atomic E-state index is 9.49. The number of hydrogen-bond donors (Lipinski definition) is 2. The van der Waals surface area contributed by atoms with Gasteiger partial charge in [0.1, 0.15) is 5.75 Å². The van der Waals surface area contributed by atoms with Gasteiger partial charge in [-0.1, -0.05) is 19.1 Å². The number of rotatable bonds is 6. The molecule has 2 rings (SSSR count). The van der Waals surface area contributed by atoms with Gasteiger partial charge in [0.2, 0.25) is 0 Å². The molecule has 0 radical (unpaired) electrons. The van der Waals surface area contributed by atoms with Crippen LogP contribution in [-0.2, 0) is 6.42 Å². The van der Waals surface area contributed by atoms with Crippen molar-refractivity contribution in [1.29, 1.82) is 0 Å². The van der Waals surface area contributed by atoms with Gasteiger partial charge in [-0.2, -0.15) is 0 Å². The molecule has 17 heavy (non-hydrogen) atoms. The lowest BCUT2D eigenvalue weighted by molar-refractivity contribution is 0.350. The van der Waals surface area contributed by atoms with Gasteiger partial charge in [-0.05, 0) is 62.3 Å². The minimum Gasteiger partial charge on any atom is -0.508 e. The average molecular weight is 233 g/mol. The summed E-state index contributed by atoms with van der Waals surface area (Å²) >= 11 is 0. The molecule has 2 heteroatoms. The van der Waals surface area contributed by atoms with Crippen LogP contribution in [0.15, 0.2) is 24.3 Å². The van der Waals surface area contributed by atoms with E-state index < -0.39 is 0 Å². The number of aromatic hydroxyl groups is 1. The zero-order valence-electron chi connectivity index (χ0n) is 10.9. The highest BCUT2D eigenvalue weighted by Gasteiger charge is 2.46. The van der Waals surface area contributed by atoms with Crippen molar-refractivity contribution in [3.63, 3.8) is 0 Å². The van der Waals surface area contributed by atoms with Crippen molar-refractivity contribution in [3.8, 4) is 5.75 Å². The van der Waals surface area contributed by atoms with Crippen LogP contribution in [0.5, 0.6) is 5.75 Å². The first kappa shape index (κ1) is 12.4. The third kappa shape index (κ3) is 3.01. The number of benzene rings is 1. The summed E-state index contributed by atoms with van der Waals surface area (Å²) in [5, 5.41) is 13.1. The highest BCUT2D eigenvalue weighted by Crippen LogP contribution is 2.51. The van der Waals surface area contributed by atoms with E-state index in [4.69, 9.17) is 0 Å². The van der Waals surface area contributed by atoms with Crippen LogP contribution in [0.25, 0.3) is 0 Å². The van der Waals surface area contributed by atoms with Crippen molar-refractivity contribution >= 4 is 0 Å². The van der Waals surface area contributed by atoms with E-state index in [1.165, 1.54) is 24.8 Å². The van der Waals surface area contributed by atoms with E-state index in [2.05, 4.69) is 25.2 Å². The van der Waals surface area contributed by atoms with E-state index in [0.717, 1.165) is 13.0 Å². The molecule has 1 aromatic rings. The van der Waals surface area contributed by atoms with Crippen molar-refractivity contribution in [2.24, 2.45) is 5.41 Å². The predicted octanol–water partition coefficient (Wildman–Crippen LogP) is 3.10. The fraction of sp³-hybridized carbons (Fsp3) is 0.600. The van der Waals surface area contributed by atoms with Gasteiger partial charge in [-0.25, -0.2) is 0 Å². The molecule has 2 nitrogen and oxygen atoms in total. The molecule has 0 bridgehead atoms. The van der Waals surface area contributed by atoms with Crippen LogP contribution < -0.4 is 5.32 Å². The lowest BCUT2D eigenvalue weighted by Crippen LogP contribution is -2.36. The lowest BCUT2D eigenvalue weighted by atomic mass is 9.89. The first-order valence-corrected chi connectivity index (χ1v) is 6.67. The Labute approximate surface area is 104 Å². The van der Waals surface area contributed by atoms with Gasteiger partial charge in [0, 0.05) is 6.04 Å². The van der Waals surface area contributed by atoms with Crippen molar-refractivity contribution in [3.05, 3.63) is 29.8 Å². The molecule has 0 aromatic heterocycles. The van der Waals surface area contributed by atoms with Crippen molar-refractivity contribution in [2.45, 2.75) is 45.6 Å². The van der Waals surface area contributed by atoms with E-state index in [1.54, 1.807) is 6.07 Å². The highest BCUT2D eigenvalue weighted by atomic mass is 16.3. The highest BCUT2D eigenvalue weighted by molar-refractivity contribution is 5.29. The Balaban J connectivity index is 1.98. The van der Waals surface area contributed by atoms with Crippen molar-refractivity contribution in [2.75, 3.05) is 6.54 Å². The van der Waals surface area contributed by atoms with E-state index >= 15 is 0 Å². The minimum atomic E-state index is 0.382. The summed E-state index contributed by atoms with van der Waals surface area (Å²) < 4.78 is 0. The fourth-order valence-electron chi connectivity index (χ4n) is 2.57. The van der Waals surface area contributed by atoms with Gasteiger partial charge in [0.05, 0.1) is 0 Å². The summed E-state index contributed by atoms with van der Waals surface area (Å²) in [6.07, 6.45) is 4.88. The largest absolute Gasteiger partial charge is 0.508 e. The third-order valence-corrected chi connectivity index (χ3v) is 3.98. The molecule has 1 unspecified atom stereocenters. The van der Waals surface area contributed by atoms with E-state index in [-0.39, 0.29) is 0 Å². The molecule has 2 N–H and O–H groups in total. The Morgan fingerprint density at radius 2 is 2.18 bits per heavy atom. The maximum Gasteiger partial charge on any atom is 0.115 e. The standard InChI is InChI=1S/C15H23NO/c1-3-9-16-12(2)15(7-8-15)11-13-5-4-6-14(17)10-13/h4-6,10,12,16-17H,3,7-9,11H2,1-2H3. The van der Waals surface area contributed by atoms with E-state index in [0.29, 0.717) is 17.2 Å². The third-order valence-electron chi connectivity index (χ3n) is 3.98. The second-order valence-corrected chi connectivity index (χ2v) is 5.38. The molecule has 1 fully saturated rings. The Kier molecular flexibility index (Phi) is 3.72. The van der Waals surface area contributed by atoms with E-state index in [1.807, 2.05) is 12.1 Å². The molecular weight excluding hydrogens is 210 g/mol. The van der Waals surface area contributed by atoms with E-state index in [9.17, 15) is 5.11 Å². The predicted molar refractivity (Wildman–Crippen MR) is 71.2 cm³/mol.